The monoisotopic (exact) mass is 429 g/mol. The zero-order valence-electron chi connectivity index (χ0n) is 15.2. The summed E-state index contributed by atoms with van der Waals surface area (Å²) in [5.41, 5.74) is 6.60. The van der Waals surface area contributed by atoms with Crippen molar-refractivity contribution in [2.24, 2.45) is 5.73 Å². The summed E-state index contributed by atoms with van der Waals surface area (Å²) in [5.74, 6) is 2.72. The smallest absolute Gasteiger partial charge is 0.127 e. The summed E-state index contributed by atoms with van der Waals surface area (Å²) in [6.45, 7) is 1.78. The summed E-state index contributed by atoms with van der Waals surface area (Å²) in [6, 6.07) is 9.63. The molecule has 0 aliphatic heterocycles. The third kappa shape index (κ3) is 5.27. The van der Waals surface area contributed by atoms with Crippen molar-refractivity contribution in [1.82, 2.24) is 0 Å². The van der Waals surface area contributed by atoms with Crippen LogP contribution in [0, 0.1) is 11.6 Å². The minimum Gasteiger partial charge on any atom is -0.402 e. The minimum absolute atomic E-state index is 0.0556. The van der Waals surface area contributed by atoms with E-state index in [1.165, 1.54) is 11.8 Å². The molecule has 27 heavy (non-hydrogen) atoms. The van der Waals surface area contributed by atoms with Crippen LogP contribution in [0.2, 0.25) is 5.02 Å². The van der Waals surface area contributed by atoms with Crippen molar-refractivity contribution < 1.29 is 13.0 Å². The average Bonchev–Trinajstić information content (AvgIpc) is 2.61. The third-order valence-electron chi connectivity index (χ3n) is 4.30. The normalized spacial score (nSPS) is 15.7. The number of allylic oxidation sites excluding steroid dienone is 2. The van der Waals surface area contributed by atoms with E-state index in [2.05, 4.69) is 5.87 Å². The Labute approximate surface area is 168 Å². The highest BCUT2D eigenvalue weighted by Crippen LogP contribution is 2.37. The van der Waals surface area contributed by atoms with Gasteiger partial charge in [-0.25, -0.2) is 8.78 Å². The lowest BCUT2D eigenvalue weighted by atomic mass is 10.1. The number of hydrogen-bond donors (Lipinski definition) is 1. The van der Waals surface area contributed by atoms with Gasteiger partial charge in [0.25, 0.3) is 0 Å². The summed E-state index contributed by atoms with van der Waals surface area (Å²) >= 11 is 7.40. The highest BCUT2D eigenvalue weighted by atomic mass is 35.5. The molecular formula is C20H22ClF2NOS2. The first-order valence-electron chi connectivity index (χ1n) is 8.22. The lowest BCUT2D eigenvalue weighted by molar-refractivity contribution is 0.574. The van der Waals surface area contributed by atoms with Gasteiger partial charge >= 0.3 is 0 Å². The predicted molar refractivity (Wildman–Crippen MR) is 114 cm³/mol. The van der Waals surface area contributed by atoms with Crippen LogP contribution in [0.1, 0.15) is 30.6 Å². The maximum absolute atomic E-state index is 14.5. The zero-order chi connectivity index (χ0) is 20.2. The van der Waals surface area contributed by atoms with E-state index in [0.29, 0.717) is 28.5 Å². The van der Waals surface area contributed by atoms with E-state index in [0.717, 1.165) is 23.1 Å². The van der Waals surface area contributed by atoms with E-state index in [1.54, 1.807) is 31.2 Å². The molecule has 0 saturated heterocycles. The molecule has 0 bridgehead atoms. The molecule has 2 rings (SSSR count). The van der Waals surface area contributed by atoms with E-state index >= 15 is 0 Å². The molecule has 146 valence electrons. The summed E-state index contributed by atoms with van der Waals surface area (Å²) in [4.78, 5) is 1.36. The molecule has 0 saturated carbocycles. The number of benzene rings is 2. The molecule has 0 amide bonds. The highest BCUT2D eigenvalue weighted by Gasteiger charge is 2.27. The minimum atomic E-state index is -2.98. The zero-order valence-corrected chi connectivity index (χ0v) is 17.6. The Hall–Kier alpha value is -1.50. The van der Waals surface area contributed by atoms with Gasteiger partial charge in [0.2, 0.25) is 0 Å². The second-order valence-corrected chi connectivity index (χ2v) is 10.0. The Kier molecular flexibility index (Phi) is 7.37. The summed E-state index contributed by atoms with van der Waals surface area (Å²) < 4.78 is 42.0. The first-order chi connectivity index (χ1) is 12.7. The first kappa shape index (κ1) is 21.8. The number of hydrogen-bond acceptors (Lipinski definition) is 3. The molecule has 0 heterocycles. The van der Waals surface area contributed by atoms with Crippen LogP contribution in [0.25, 0.3) is 0 Å². The van der Waals surface area contributed by atoms with Crippen molar-refractivity contribution >= 4 is 38.8 Å². The van der Waals surface area contributed by atoms with Crippen LogP contribution < -0.4 is 5.73 Å². The standard InChI is InChI=1S/C20H22ClF2NOS2/c1-13(24)19(26-2)10-11-20(17-12-15(22)6-9-18(17)23)27(3,25)16-7-4-14(21)5-8-16/h4-9,12,20H,3,10-11,24H2,1-2H3/b19-13-. The summed E-state index contributed by atoms with van der Waals surface area (Å²) in [6.07, 6.45) is 2.70. The Morgan fingerprint density at radius 2 is 1.89 bits per heavy atom. The molecule has 0 fully saturated rings. The van der Waals surface area contributed by atoms with E-state index in [4.69, 9.17) is 17.3 Å². The SMILES string of the molecule is C=S(=O)(c1ccc(Cl)cc1)C(CC/C(SC)=C(\C)N)c1cc(F)ccc1F. The summed E-state index contributed by atoms with van der Waals surface area (Å²) in [7, 11) is -2.98. The summed E-state index contributed by atoms with van der Waals surface area (Å²) in [5, 5.41) is -0.315. The van der Waals surface area contributed by atoms with Crippen molar-refractivity contribution in [3.63, 3.8) is 0 Å². The van der Waals surface area contributed by atoms with Crippen LogP contribution in [0.4, 0.5) is 8.78 Å². The van der Waals surface area contributed by atoms with Gasteiger partial charge in [0.1, 0.15) is 11.6 Å². The molecule has 7 heteroatoms. The molecule has 0 aliphatic rings. The Morgan fingerprint density at radius 1 is 1.26 bits per heavy atom. The molecule has 2 N–H and O–H groups in total. The van der Waals surface area contributed by atoms with Gasteiger partial charge in [-0.3, -0.25) is 4.21 Å². The molecule has 2 atom stereocenters. The molecular weight excluding hydrogens is 408 g/mol. The molecule has 2 unspecified atom stereocenters. The first-order valence-corrected chi connectivity index (χ1v) is 11.6. The van der Waals surface area contributed by atoms with Crippen LogP contribution in [-0.4, -0.2) is 16.3 Å². The molecule has 2 aromatic carbocycles. The topological polar surface area (TPSA) is 43.1 Å². The lowest BCUT2D eigenvalue weighted by Crippen LogP contribution is -2.16. The lowest BCUT2D eigenvalue weighted by Gasteiger charge is -2.24. The molecule has 0 aliphatic carbocycles. The Bertz CT molecular complexity index is 937. The van der Waals surface area contributed by atoms with Crippen LogP contribution in [0.3, 0.4) is 0 Å². The van der Waals surface area contributed by atoms with Crippen LogP contribution >= 0.6 is 23.4 Å². The van der Waals surface area contributed by atoms with Crippen molar-refractivity contribution in [1.29, 1.82) is 0 Å². The fraction of sp³-hybridized carbons (Fsp3) is 0.250. The Balaban J connectivity index is 2.53. The highest BCUT2D eigenvalue weighted by molar-refractivity contribution is 8.02. The van der Waals surface area contributed by atoms with Gasteiger partial charge in [-0.1, -0.05) is 11.6 Å². The van der Waals surface area contributed by atoms with Gasteiger partial charge in [-0.15, -0.1) is 11.8 Å². The van der Waals surface area contributed by atoms with Gasteiger partial charge in [0.05, 0.1) is 5.25 Å². The fourth-order valence-electron chi connectivity index (χ4n) is 2.86. The maximum Gasteiger partial charge on any atom is 0.127 e. The quantitative estimate of drug-likeness (QED) is 0.568. The van der Waals surface area contributed by atoms with Gasteiger partial charge in [0, 0.05) is 35.6 Å². The van der Waals surface area contributed by atoms with Crippen molar-refractivity contribution in [2.45, 2.75) is 29.9 Å². The van der Waals surface area contributed by atoms with Crippen molar-refractivity contribution in [2.75, 3.05) is 6.26 Å². The van der Waals surface area contributed by atoms with E-state index in [1.807, 2.05) is 6.26 Å². The molecule has 0 radical (unpaired) electrons. The molecule has 0 aromatic heterocycles. The van der Waals surface area contributed by atoms with Crippen LogP contribution in [0.15, 0.2) is 58.0 Å². The maximum atomic E-state index is 14.5. The number of nitrogens with two attached hydrogens (primary N) is 1. The second-order valence-electron chi connectivity index (χ2n) is 6.18. The fourth-order valence-corrected chi connectivity index (χ4v) is 5.65. The van der Waals surface area contributed by atoms with Crippen molar-refractivity contribution in [3.05, 3.63) is 75.3 Å². The largest absolute Gasteiger partial charge is 0.402 e. The van der Waals surface area contributed by atoms with Gasteiger partial charge in [-0.05, 0) is 74.4 Å². The van der Waals surface area contributed by atoms with E-state index in [9.17, 15) is 13.0 Å². The molecule has 2 nitrogen and oxygen atoms in total. The third-order valence-corrected chi connectivity index (χ3v) is 8.05. The number of halogens is 3. The molecule has 0 spiro atoms. The number of rotatable bonds is 7. The number of thioether (sulfide) groups is 1. The van der Waals surface area contributed by atoms with Gasteiger partial charge < -0.3 is 5.73 Å². The Morgan fingerprint density at radius 3 is 2.44 bits per heavy atom. The molecule has 2 aromatic rings. The van der Waals surface area contributed by atoms with E-state index in [-0.39, 0.29) is 5.56 Å². The van der Waals surface area contributed by atoms with E-state index < -0.39 is 26.4 Å². The van der Waals surface area contributed by atoms with Gasteiger partial charge in [0.15, 0.2) is 0 Å². The van der Waals surface area contributed by atoms with Crippen molar-refractivity contribution in [3.8, 4) is 0 Å². The average molecular weight is 430 g/mol. The van der Waals surface area contributed by atoms with Gasteiger partial charge in [-0.2, -0.15) is 0 Å². The van der Waals surface area contributed by atoms with Crippen LogP contribution in [0.5, 0.6) is 0 Å². The predicted octanol–water partition coefficient (Wildman–Crippen LogP) is 5.77. The second kappa shape index (κ2) is 9.13. The van der Waals surface area contributed by atoms with Crippen LogP contribution in [-0.2, 0) is 9.52 Å².